The molecule has 0 radical (unpaired) electrons. The van der Waals surface area contributed by atoms with Gasteiger partial charge in [-0.25, -0.2) is 4.79 Å². The fourth-order valence-corrected chi connectivity index (χ4v) is 6.14. The molecule has 0 bridgehead atoms. The Labute approximate surface area is 245 Å². The molecule has 1 unspecified atom stereocenters. The number of nitrogens with one attached hydrogen (secondary N) is 1. The van der Waals surface area contributed by atoms with Crippen molar-refractivity contribution >= 4 is 22.2 Å². The largest absolute Gasteiger partial charge is 0.469 e. The Balaban J connectivity index is 1.18. The normalized spacial score (nSPS) is 13.0. The van der Waals surface area contributed by atoms with Gasteiger partial charge in [0.05, 0.1) is 13.5 Å². The Morgan fingerprint density at radius 3 is 2.02 bits per heavy atom. The first kappa shape index (κ1) is 28.9. The molecule has 1 amide bonds. The molecular weight excluding hydrogens is 554 g/mol. The van der Waals surface area contributed by atoms with Crippen LogP contribution in [0.4, 0.5) is 4.79 Å². The van der Waals surface area contributed by atoms with Gasteiger partial charge >= 0.3 is 22.2 Å². The zero-order chi connectivity index (χ0) is 29.5. The summed E-state index contributed by atoms with van der Waals surface area (Å²) in [5.74, 6) is -0.565. The van der Waals surface area contributed by atoms with Crippen molar-refractivity contribution in [1.82, 2.24) is 5.32 Å². The molecule has 1 atom stereocenters. The molecule has 4 aromatic carbocycles. The van der Waals surface area contributed by atoms with Gasteiger partial charge in [0.15, 0.2) is 0 Å². The molecule has 0 aromatic heterocycles. The van der Waals surface area contributed by atoms with Crippen molar-refractivity contribution in [2.45, 2.75) is 23.7 Å². The van der Waals surface area contributed by atoms with Gasteiger partial charge < -0.3 is 19.0 Å². The van der Waals surface area contributed by atoms with Gasteiger partial charge in [-0.2, -0.15) is 8.42 Å². The highest BCUT2D eigenvalue weighted by atomic mass is 32.2. The first-order valence-electron chi connectivity index (χ1n) is 13.6. The molecule has 0 aliphatic heterocycles. The Bertz CT molecular complexity index is 1610. The van der Waals surface area contributed by atoms with E-state index in [0.717, 1.165) is 27.8 Å². The fourth-order valence-electron chi connectivity index (χ4n) is 5.19. The van der Waals surface area contributed by atoms with Crippen LogP contribution in [0.1, 0.15) is 29.0 Å². The maximum absolute atomic E-state index is 12.7. The van der Waals surface area contributed by atoms with Gasteiger partial charge in [-0.05, 0) is 64.4 Å². The summed E-state index contributed by atoms with van der Waals surface area (Å²) in [5.41, 5.74) is 5.38. The van der Waals surface area contributed by atoms with Gasteiger partial charge in [0.25, 0.3) is 0 Å². The summed E-state index contributed by atoms with van der Waals surface area (Å²) in [6.07, 6.45) is -0.0489. The van der Waals surface area contributed by atoms with Crippen molar-refractivity contribution in [2.75, 3.05) is 20.3 Å². The number of rotatable bonds is 11. The molecule has 0 saturated heterocycles. The third kappa shape index (κ3) is 6.80. The van der Waals surface area contributed by atoms with E-state index in [0.29, 0.717) is 6.42 Å². The molecule has 1 N–H and O–H groups in total. The Morgan fingerprint density at radius 2 is 1.40 bits per heavy atom. The number of hydrogen-bond acceptors (Lipinski definition) is 7. The predicted molar refractivity (Wildman–Crippen MR) is 158 cm³/mol. The van der Waals surface area contributed by atoms with Crippen LogP contribution in [-0.2, 0) is 30.8 Å². The van der Waals surface area contributed by atoms with E-state index in [1.165, 1.54) is 19.2 Å². The molecule has 8 nitrogen and oxygen atoms in total. The van der Waals surface area contributed by atoms with Crippen LogP contribution in [0.15, 0.2) is 108 Å². The minimum atomic E-state index is -3.95. The van der Waals surface area contributed by atoms with E-state index in [1.807, 2.05) is 24.3 Å². The van der Waals surface area contributed by atoms with E-state index in [1.54, 1.807) is 42.5 Å². The predicted octanol–water partition coefficient (Wildman–Crippen LogP) is 5.71. The molecule has 0 heterocycles. The number of hydrogen-bond donors (Lipinski definition) is 1. The molecule has 5 rings (SSSR count). The van der Waals surface area contributed by atoms with Crippen LogP contribution in [0.5, 0.6) is 5.75 Å². The van der Waals surface area contributed by atoms with E-state index in [2.05, 4.69) is 29.6 Å². The average Bonchev–Trinajstić information content (AvgIpc) is 3.33. The molecule has 0 saturated carbocycles. The van der Waals surface area contributed by atoms with Crippen molar-refractivity contribution in [2.24, 2.45) is 5.92 Å². The van der Waals surface area contributed by atoms with Gasteiger partial charge in [-0.3, -0.25) is 4.79 Å². The van der Waals surface area contributed by atoms with Gasteiger partial charge in [-0.1, -0.05) is 78.9 Å². The maximum atomic E-state index is 12.7. The number of benzene rings is 4. The third-order valence-corrected chi connectivity index (χ3v) is 8.51. The molecule has 0 spiro atoms. The van der Waals surface area contributed by atoms with Crippen molar-refractivity contribution in [3.05, 3.63) is 120 Å². The minimum Gasteiger partial charge on any atom is -0.469 e. The molecule has 216 valence electrons. The average molecular weight is 586 g/mol. The highest BCUT2D eigenvalue weighted by molar-refractivity contribution is 7.87. The summed E-state index contributed by atoms with van der Waals surface area (Å²) in [6.45, 7) is 0.376. The number of ether oxygens (including phenoxy) is 2. The zero-order valence-corrected chi connectivity index (χ0v) is 23.9. The summed E-state index contributed by atoms with van der Waals surface area (Å²) < 4.78 is 40.7. The monoisotopic (exact) mass is 585 g/mol. The summed E-state index contributed by atoms with van der Waals surface area (Å²) in [4.78, 5) is 24.9. The zero-order valence-electron chi connectivity index (χ0n) is 23.1. The highest BCUT2D eigenvalue weighted by Gasteiger charge is 2.29. The molecule has 0 fully saturated rings. The maximum Gasteiger partial charge on any atom is 0.407 e. The summed E-state index contributed by atoms with van der Waals surface area (Å²) in [7, 11) is -2.64. The molecule has 9 heteroatoms. The topological polar surface area (TPSA) is 108 Å². The van der Waals surface area contributed by atoms with Gasteiger partial charge in [-0.15, -0.1) is 0 Å². The Hall–Kier alpha value is -4.63. The Kier molecular flexibility index (Phi) is 8.88. The molecule has 42 heavy (non-hydrogen) atoms. The van der Waals surface area contributed by atoms with Crippen molar-refractivity contribution < 1.29 is 31.7 Å². The molecule has 4 aromatic rings. The number of esters is 1. The number of alkyl carbamates (subject to hydrolysis) is 1. The Morgan fingerprint density at radius 1 is 0.810 bits per heavy atom. The van der Waals surface area contributed by atoms with E-state index in [9.17, 15) is 18.0 Å². The smallest absolute Gasteiger partial charge is 0.407 e. The molecular formula is C33H31NO7S. The fraction of sp³-hybridized carbons (Fsp3) is 0.212. The summed E-state index contributed by atoms with van der Waals surface area (Å²) >= 11 is 0. The lowest BCUT2D eigenvalue weighted by molar-refractivity contribution is -0.141. The van der Waals surface area contributed by atoms with Crippen LogP contribution >= 0.6 is 0 Å². The van der Waals surface area contributed by atoms with Crippen molar-refractivity contribution in [1.29, 1.82) is 0 Å². The van der Waals surface area contributed by atoms with Gasteiger partial charge in [0.2, 0.25) is 0 Å². The third-order valence-electron chi connectivity index (χ3n) is 7.25. The second kappa shape index (κ2) is 12.9. The lowest BCUT2D eigenvalue weighted by Gasteiger charge is -2.18. The van der Waals surface area contributed by atoms with Crippen LogP contribution in [0, 0.1) is 5.92 Å². The first-order valence-corrected chi connectivity index (χ1v) is 15.0. The molecule has 1 aliphatic rings. The van der Waals surface area contributed by atoms with Gasteiger partial charge in [0.1, 0.15) is 17.3 Å². The standard InChI is InChI=1S/C33H31NO7S/c1-39-32(35)20-24(19-23-15-17-25(18-16-23)41-42(37,38)26-9-3-2-4-10-26)21-34-33(36)40-22-31-29-13-7-5-11-27(29)28-12-6-8-14-30(28)31/h2-18,24,31H,19-22H2,1H3,(H,34,36). The summed E-state index contributed by atoms with van der Waals surface area (Å²) in [6, 6.07) is 30.7. The number of carbonyl (C=O) groups is 2. The number of methoxy groups -OCH3 is 1. The second-order valence-corrected chi connectivity index (χ2v) is 11.6. The van der Waals surface area contributed by atoms with Gasteiger partial charge in [0, 0.05) is 12.5 Å². The van der Waals surface area contributed by atoms with E-state index >= 15 is 0 Å². The van der Waals surface area contributed by atoms with Crippen LogP contribution < -0.4 is 9.50 Å². The van der Waals surface area contributed by atoms with Crippen LogP contribution in [0.25, 0.3) is 11.1 Å². The van der Waals surface area contributed by atoms with E-state index in [4.69, 9.17) is 13.7 Å². The van der Waals surface area contributed by atoms with Crippen LogP contribution in [0.2, 0.25) is 0 Å². The first-order chi connectivity index (χ1) is 20.3. The number of amides is 1. The second-order valence-electron chi connectivity index (χ2n) is 10.1. The lowest BCUT2D eigenvalue weighted by atomic mass is 9.96. The molecule has 1 aliphatic carbocycles. The SMILES string of the molecule is COC(=O)CC(CNC(=O)OCC1c2ccccc2-c2ccccc21)Cc1ccc(OS(=O)(=O)c2ccccc2)cc1. The number of fused-ring (bicyclic) bond motifs is 3. The minimum absolute atomic E-state index is 0.0551. The van der Waals surface area contributed by atoms with Crippen LogP contribution in [-0.4, -0.2) is 40.7 Å². The van der Waals surface area contributed by atoms with Crippen LogP contribution in [0.3, 0.4) is 0 Å². The summed E-state index contributed by atoms with van der Waals surface area (Å²) in [5, 5.41) is 2.79. The van der Waals surface area contributed by atoms with E-state index < -0.39 is 22.2 Å². The number of carbonyl (C=O) groups excluding carboxylic acids is 2. The van der Waals surface area contributed by atoms with E-state index in [-0.39, 0.29) is 42.1 Å². The quantitative estimate of drug-likeness (QED) is 0.177. The lowest BCUT2D eigenvalue weighted by Crippen LogP contribution is -2.32. The van der Waals surface area contributed by atoms with Crippen molar-refractivity contribution in [3.8, 4) is 16.9 Å². The van der Waals surface area contributed by atoms with Crippen molar-refractivity contribution in [3.63, 3.8) is 0 Å². The highest BCUT2D eigenvalue weighted by Crippen LogP contribution is 2.44.